The van der Waals surface area contributed by atoms with Gasteiger partial charge in [0, 0.05) is 11.6 Å². The average molecular weight is 206 g/mol. The maximum Gasteiger partial charge on any atom is 0.215 e. The van der Waals surface area contributed by atoms with E-state index in [2.05, 4.69) is 4.72 Å². The summed E-state index contributed by atoms with van der Waals surface area (Å²) in [6.45, 7) is 5.41. The molecule has 1 unspecified atom stereocenters. The predicted molar refractivity (Wildman–Crippen MR) is 52.8 cm³/mol. The van der Waals surface area contributed by atoms with Crippen LogP contribution >= 0.6 is 0 Å². The summed E-state index contributed by atoms with van der Waals surface area (Å²) in [6.07, 6.45) is 1.56. The molecule has 0 radical (unpaired) electrons. The van der Waals surface area contributed by atoms with Crippen LogP contribution in [0.4, 0.5) is 0 Å². The SMILES string of the molecule is CC(N)C(C)(C)NS(=O)(=O)C1CC1. The molecule has 0 heterocycles. The van der Waals surface area contributed by atoms with Crippen molar-refractivity contribution in [2.45, 2.75) is 50.4 Å². The summed E-state index contributed by atoms with van der Waals surface area (Å²) in [5.74, 6) is 0. The van der Waals surface area contributed by atoms with Crippen LogP contribution in [0.3, 0.4) is 0 Å². The van der Waals surface area contributed by atoms with Gasteiger partial charge in [-0.05, 0) is 33.6 Å². The highest BCUT2D eigenvalue weighted by Crippen LogP contribution is 2.28. The largest absolute Gasteiger partial charge is 0.326 e. The van der Waals surface area contributed by atoms with Crippen LogP contribution in [0.15, 0.2) is 0 Å². The lowest BCUT2D eigenvalue weighted by atomic mass is 9.99. The van der Waals surface area contributed by atoms with Gasteiger partial charge in [-0.1, -0.05) is 0 Å². The van der Waals surface area contributed by atoms with Crippen LogP contribution in [0.25, 0.3) is 0 Å². The Kier molecular flexibility index (Phi) is 2.71. The minimum Gasteiger partial charge on any atom is -0.326 e. The van der Waals surface area contributed by atoms with E-state index in [0.717, 1.165) is 12.8 Å². The molecule has 78 valence electrons. The van der Waals surface area contributed by atoms with Crippen molar-refractivity contribution in [2.75, 3.05) is 0 Å². The topological polar surface area (TPSA) is 72.2 Å². The van der Waals surface area contributed by atoms with Crippen LogP contribution in [0.5, 0.6) is 0 Å². The van der Waals surface area contributed by atoms with Crippen LogP contribution in [0.1, 0.15) is 33.6 Å². The normalized spacial score (nSPS) is 21.5. The van der Waals surface area contributed by atoms with E-state index in [1.165, 1.54) is 0 Å². The lowest BCUT2D eigenvalue weighted by molar-refractivity contribution is 0.387. The molecular weight excluding hydrogens is 188 g/mol. The first-order valence-corrected chi connectivity index (χ1v) is 6.09. The molecule has 1 aliphatic carbocycles. The van der Waals surface area contributed by atoms with E-state index in [4.69, 9.17) is 5.73 Å². The monoisotopic (exact) mass is 206 g/mol. The van der Waals surface area contributed by atoms with Crippen LogP contribution in [-0.2, 0) is 10.0 Å². The summed E-state index contributed by atoms with van der Waals surface area (Å²) in [5, 5.41) is -0.175. The van der Waals surface area contributed by atoms with Crippen molar-refractivity contribution >= 4 is 10.0 Å². The van der Waals surface area contributed by atoms with Crippen LogP contribution in [0, 0.1) is 0 Å². The minimum absolute atomic E-state index is 0.175. The molecule has 1 aliphatic rings. The minimum atomic E-state index is -3.12. The Morgan fingerprint density at radius 3 is 2.23 bits per heavy atom. The summed E-state index contributed by atoms with van der Waals surface area (Å²) in [7, 11) is -3.12. The number of hydrogen-bond acceptors (Lipinski definition) is 3. The number of sulfonamides is 1. The molecular formula is C8H18N2O2S. The highest BCUT2D eigenvalue weighted by molar-refractivity contribution is 7.90. The van der Waals surface area contributed by atoms with Crippen molar-refractivity contribution in [3.05, 3.63) is 0 Å². The van der Waals surface area contributed by atoms with Gasteiger partial charge in [-0.2, -0.15) is 0 Å². The number of hydrogen-bond donors (Lipinski definition) is 2. The zero-order valence-corrected chi connectivity index (χ0v) is 9.19. The van der Waals surface area contributed by atoms with Crippen LogP contribution < -0.4 is 10.5 Å². The molecule has 1 saturated carbocycles. The third-order valence-electron chi connectivity index (χ3n) is 2.51. The molecule has 0 amide bonds. The third-order valence-corrected chi connectivity index (χ3v) is 4.67. The van der Waals surface area contributed by atoms with E-state index in [1.54, 1.807) is 20.8 Å². The quantitative estimate of drug-likeness (QED) is 0.690. The Labute approximate surface area is 79.9 Å². The molecule has 3 N–H and O–H groups in total. The third kappa shape index (κ3) is 2.65. The maximum atomic E-state index is 11.5. The summed E-state index contributed by atoms with van der Waals surface area (Å²) >= 11 is 0. The first kappa shape index (κ1) is 10.9. The molecule has 0 aromatic carbocycles. The van der Waals surface area contributed by atoms with Crippen molar-refractivity contribution in [1.29, 1.82) is 0 Å². The van der Waals surface area contributed by atoms with E-state index in [9.17, 15) is 8.42 Å². The van der Waals surface area contributed by atoms with E-state index in [1.807, 2.05) is 0 Å². The highest BCUT2D eigenvalue weighted by atomic mass is 32.2. The first-order chi connectivity index (χ1) is 5.76. The van der Waals surface area contributed by atoms with E-state index >= 15 is 0 Å². The van der Waals surface area contributed by atoms with Gasteiger partial charge in [0.1, 0.15) is 0 Å². The second-order valence-corrected chi connectivity index (χ2v) is 6.32. The fraction of sp³-hybridized carbons (Fsp3) is 1.00. The van der Waals surface area contributed by atoms with Crippen LogP contribution in [0.2, 0.25) is 0 Å². The van der Waals surface area contributed by atoms with Crippen LogP contribution in [-0.4, -0.2) is 25.2 Å². The lowest BCUT2D eigenvalue weighted by Crippen LogP contribution is -2.55. The Morgan fingerprint density at radius 1 is 1.46 bits per heavy atom. The Bertz CT molecular complexity index is 279. The van der Waals surface area contributed by atoms with Gasteiger partial charge in [0.15, 0.2) is 0 Å². The van der Waals surface area contributed by atoms with Gasteiger partial charge in [0.25, 0.3) is 0 Å². The molecule has 1 atom stereocenters. The van der Waals surface area contributed by atoms with Crippen molar-refractivity contribution < 1.29 is 8.42 Å². The fourth-order valence-electron chi connectivity index (χ4n) is 0.921. The summed E-state index contributed by atoms with van der Waals surface area (Å²) in [5.41, 5.74) is 5.12. The van der Waals surface area contributed by atoms with Gasteiger partial charge in [-0.15, -0.1) is 0 Å². The molecule has 1 fully saturated rings. The average Bonchev–Trinajstić information content (AvgIpc) is 2.63. The molecule has 1 rings (SSSR count). The van der Waals surface area contributed by atoms with Gasteiger partial charge < -0.3 is 5.73 Å². The maximum absolute atomic E-state index is 11.5. The number of nitrogens with one attached hydrogen (secondary N) is 1. The van der Waals surface area contributed by atoms with E-state index in [-0.39, 0.29) is 11.3 Å². The number of rotatable bonds is 4. The van der Waals surface area contributed by atoms with Gasteiger partial charge in [-0.25, -0.2) is 13.1 Å². The predicted octanol–water partition coefficient (Wildman–Crippen LogP) is 0.194. The Hall–Kier alpha value is -0.130. The summed E-state index contributed by atoms with van der Waals surface area (Å²) < 4.78 is 25.7. The van der Waals surface area contributed by atoms with Gasteiger partial charge in [0.05, 0.1) is 5.25 Å². The standard InChI is InChI=1S/C8H18N2O2S/c1-6(9)8(2,3)10-13(11,12)7-4-5-7/h6-7,10H,4-5,9H2,1-3H3. The lowest BCUT2D eigenvalue weighted by Gasteiger charge is -2.29. The molecule has 0 aliphatic heterocycles. The van der Waals surface area contributed by atoms with Crippen molar-refractivity contribution in [3.63, 3.8) is 0 Å². The smallest absolute Gasteiger partial charge is 0.215 e. The van der Waals surface area contributed by atoms with Crippen molar-refractivity contribution in [3.8, 4) is 0 Å². The fourth-order valence-corrected chi connectivity index (χ4v) is 2.76. The second-order valence-electron chi connectivity index (χ2n) is 4.36. The van der Waals surface area contributed by atoms with Gasteiger partial charge in [0.2, 0.25) is 10.0 Å². The summed E-state index contributed by atoms with van der Waals surface area (Å²) in [4.78, 5) is 0. The molecule has 0 bridgehead atoms. The van der Waals surface area contributed by atoms with Gasteiger partial charge in [-0.3, -0.25) is 0 Å². The molecule has 13 heavy (non-hydrogen) atoms. The van der Waals surface area contributed by atoms with E-state index < -0.39 is 15.6 Å². The summed E-state index contributed by atoms with van der Waals surface area (Å²) in [6, 6.07) is -0.193. The second kappa shape index (κ2) is 3.22. The Morgan fingerprint density at radius 2 is 1.92 bits per heavy atom. The zero-order valence-electron chi connectivity index (χ0n) is 8.37. The molecule has 0 aromatic heterocycles. The first-order valence-electron chi connectivity index (χ1n) is 4.54. The molecule has 0 spiro atoms. The molecule has 0 saturated heterocycles. The van der Waals surface area contributed by atoms with Gasteiger partial charge >= 0.3 is 0 Å². The van der Waals surface area contributed by atoms with Crippen molar-refractivity contribution in [1.82, 2.24) is 4.72 Å². The molecule has 5 heteroatoms. The van der Waals surface area contributed by atoms with Crippen molar-refractivity contribution in [2.24, 2.45) is 5.73 Å². The van der Waals surface area contributed by atoms with E-state index in [0.29, 0.717) is 0 Å². The Balaban J connectivity index is 2.66. The number of nitrogens with two attached hydrogens (primary N) is 1. The molecule has 4 nitrogen and oxygen atoms in total. The molecule has 0 aromatic rings. The zero-order chi connectivity index (χ0) is 10.3. The highest BCUT2D eigenvalue weighted by Gasteiger charge is 2.39.